The molecule has 3 nitrogen and oxygen atoms in total. The first-order valence-electron chi connectivity index (χ1n) is 6.06. The lowest BCUT2D eigenvalue weighted by Crippen LogP contribution is -2.23. The van der Waals surface area contributed by atoms with Gasteiger partial charge in [-0.05, 0) is 49.0 Å². The fourth-order valence-corrected chi connectivity index (χ4v) is 1.95. The summed E-state index contributed by atoms with van der Waals surface area (Å²) in [5.41, 5.74) is 5.93. The molecule has 0 amide bonds. The number of hydrazone groups is 1. The summed E-state index contributed by atoms with van der Waals surface area (Å²) in [5, 5.41) is 7.61. The third kappa shape index (κ3) is 4.75. The molecule has 0 unspecified atom stereocenters. The maximum Gasteiger partial charge on any atom is 0.191 e. The van der Waals surface area contributed by atoms with Crippen molar-refractivity contribution >= 4 is 45.2 Å². The number of halogens is 1. The Hall–Kier alpha value is -1.72. The smallest absolute Gasteiger partial charge is 0.191 e. The molecule has 102 valence electrons. The van der Waals surface area contributed by atoms with Crippen LogP contribution in [0.5, 0.6) is 0 Å². The molecule has 20 heavy (non-hydrogen) atoms. The van der Waals surface area contributed by atoms with Crippen LogP contribution in [0, 0.1) is 6.92 Å². The molecular weight excluding hydrogens is 334 g/mol. The van der Waals surface area contributed by atoms with Gasteiger partial charge in [0, 0.05) is 10.2 Å². The molecule has 0 atom stereocenters. The Labute approximate surface area is 132 Å². The SMILES string of the molecule is Cc1ccc(NC(=S)N/N=C\c2ccc(Br)cc2)cc1. The van der Waals surface area contributed by atoms with Crippen molar-refractivity contribution in [1.29, 1.82) is 0 Å². The molecule has 2 rings (SSSR count). The van der Waals surface area contributed by atoms with Crippen LogP contribution in [0.1, 0.15) is 11.1 Å². The highest BCUT2D eigenvalue weighted by Crippen LogP contribution is 2.09. The second kappa shape index (κ2) is 7.17. The van der Waals surface area contributed by atoms with Gasteiger partial charge in [-0.15, -0.1) is 0 Å². The van der Waals surface area contributed by atoms with Crippen LogP contribution in [0.25, 0.3) is 0 Å². The maximum absolute atomic E-state index is 5.16. The fraction of sp³-hybridized carbons (Fsp3) is 0.0667. The van der Waals surface area contributed by atoms with E-state index in [1.54, 1.807) is 6.21 Å². The molecule has 0 heterocycles. The minimum absolute atomic E-state index is 0.460. The summed E-state index contributed by atoms with van der Waals surface area (Å²) in [6.45, 7) is 2.04. The summed E-state index contributed by atoms with van der Waals surface area (Å²) in [6.07, 6.45) is 1.72. The van der Waals surface area contributed by atoms with Gasteiger partial charge in [0.1, 0.15) is 0 Å². The highest BCUT2D eigenvalue weighted by atomic mass is 79.9. The summed E-state index contributed by atoms with van der Waals surface area (Å²) >= 11 is 8.55. The zero-order valence-electron chi connectivity index (χ0n) is 10.9. The molecule has 2 aromatic carbocycles. The van der Waals surface area contributed by atoms with Crippen LogP contribution in [-0.4, -0.2) is 11.3 Å². The van der Waals surface area contributed by atoms with Crippen LogP contribution in [0.15, 0.2) is 58.1 Å². The first kappa shape index (κ1) is 14.7. The first-order chi connectivity index (χ1) is 9.63. The van der Waals surface area contributed by atoms with E-state index >= 15 is 0 Å². The van der Waals surface area contributed by atoms with Gasteiger partial charge in [-0.2, -0.15) is 5.10 Å². The average molecular weight is 348 g/mol. The lowest BCUT2D eigenvalue weighted by Gasteiger charge is -2.06. The van der Waals surface area contributed by atoms with E-state index in [0.717, 1.165) is 15.7 Å². The molecule has 5 heteroatoms. The summed E-state index contributed by atoms with van der Waals surface area (Å²) in [6, 6.07) is 15.8. The van der Waals surface area contributed by atoms with E-state index in [2.05, 4.69) is 31.8 Å². The number of hydrogen-bond acceptors (Lipinski definition) is 2. The summed E-state index contributed by atoms with van der Waals surface area (Å²) in [5.74, 6) is 0. The van der Waals surface area contributed by atoms with Crippen molar-refractivity contribution in [3.63, 3.8) is 0 Å². The van der Waals surface area contributed by atoms with Gasteiger partial charge in [0.15, 0.2) is 5.11 Å². The Kier molecular flexibility index (Phi) is 5.26. The minimum atomic E-state index is 0.460. The zero-order valence-corrected chi connectivity index (χ0v) is 13.3. The van der Waals surface area contributed by atoms with Crippen molar-refractivity contribution in [2.24, 2.45) is 5.10 Å². The van der Waals surface area contributed by atoms with Crippen LogP contribution >= 0.6 is 28.1 Å². The van der Waals surface area contributed by atoms with E-state index in [4.69, 9.17) is 12.2 Å². The number of nitrogens with one attached hydrogen (secondary N) is 2. The largest absolute Gasteiger partial charge is 0.331 e. The number of benzene rings is 2. The number of anilines is 1. The van der Waals surface area contributed by atoms with Gasteiger partial charge in [0.2, 0.25) is 0 Å². The summed E-state index contributed by atoms with van der Waals surface area (Å²) < 4.78 is 1.04. The fourth-order valence-electron chi connectivity index (χ4n) is 1.51. The Balaban J connectivity index is 1.85. The highest BCUT2D eigenvalue weighted by Gasteiger charge is 1.95. The molecule has 0 aromatic heterocycles. The van der Waals surface area contributed by atoms with Crippen LogP contribution < -0.4 is 10.7 Å². The lowest BCUT2D eigenvalue weighted by molar-refractivity contribution is 1.05. The molecular formula is C15H14BrN3S. The first-order valence-corrected chi connectivity index (χ1v) is 7.26. The van der Waals surface area contributed by atoms with Gasteiger partial charge in [-0.25, -0.2) is 0 Å². The van der Waals surface area contributed by atoms with Crippen molar-refractivity contribution < 1.29 is 0 Å². The molecule has 0 saturated carbocycles. The van der Waals surface area contributed by atoms with E-state index in [-0.39, 0.29) is 0 Å². The number of rotatable bonds is 3. The number of thiocarbonyl (C=S) groups is 1. The normalized spacial score (nSPS) is 10.5. The molecule has 2 N–H and O–H groups in total. The van der Waals surface area contributed by atoms with E-state index in [0.29, 0.717) is 5.11 Å². The van der Waals surface area contributed by atoms with Gasteiger partial charge in [0.05, 0.1) is 6.21 Å². The molecule has 0 saturated heterocycles. The van der Waals surface area contributed by atoms with Gasteiger partial charge in [-0.3, -0.25) is 5.43 Å². The molecule has 0 aliphatic rings. The van der Waals surface area contributed by atoms with Gasteiger partial charge in [0.25, 0.3) is 0 Å². The third-order valence-corrected chi connectivity index (χ3v) is 3.28. The number of aryl methyl sites for hydroxylation is 1. The average Bonchev–Trinajstić information content (AvgIpc) is 2.44. The van der Waals surface area contributed by atoms with E-state index in [1.807, 2.05) is 55.5 Å². The van der Waals surface area contributed by atoms with Crippen LogP contribution in [0.3, 0.4) is 0 Å². The predicted molar refractivity (Wildman–Crippen MR) is 92.3 cm³/mol. The van der Waals surface area contributed by atoms with Crippen molar-refractivity contribution in [2.75, 3.05) is 5.32 Å². The second-order valence-corrected chi connectivity index (χ2v) is 5.57. The predicted octanol–water partition coefficient (Wildman–Crippen LogP) is 4.08. The van der Waals surface area contributed by atoms with Crippen LogP contribution in [-0.2, 0) is 0 Å². The van der Waals surface area contributed by atoms with Gasteiger partial charge < -0.3 is 5.32 Å². The molecule has 0 fully saturated rings. The maximum atomic E-state index is 5.16. The highest BCUT2D eigenvalue weighted by molar-refractivity contribution is 9.10. The monoisotopic (exact) mass is 347 g/mol. The van der Waals surface area contributed by atoms with Crippen LogP contribution in [0.4, 0.5) is 5.69 Å². The zero-order chi connectivity index (χ0) is 14.4. The third-order valence-electron chi connectivity index (χ3n) is 2.56. The Bertz CT molecular complexity index is 606. The molecule has 0 radical (unpaired) electrons. The lowest BCUT2D eigenvalue weighted by atomic mass is 10.2. The van der Waals surface area contributed by atoms with Gasteiger partial charge in [-0.1, -0.05) is 45.8 Å². The molecule has 0 bridgehead atoms. The minimum Gasteiger partial charge on any atom is -0.331 e. The summed E-state index contributed by atoms with van der Waals surface area (Å²) in [7, 11) is 0. The quantitative estimate of drug-likeness (QED) is 0.499. The van der Waals surface area contributed by atoms with Crippen LogP contribution in [0.2, 0.25) is 0 Å². The molecule has 2 aromatic rings. The molecule has 0 aliphatic heterocycles. The van der Waals surface area contributed by atoms with Crippen molar-refractivity contribution in [3.8, 4) is 0 Å². The Morgan fingerprint density at radius 2 is 1.75 bits per heavy atom. The van der Waals surface area contributed by atoms with Crippen molar-refractivity contribution in [2.45, 2.75) is 6.92 Å². The summed E-state index contributed by atoms with van der Waals surface area (Å²) in [4.78, 5) is 0. The number of hydrogen-bond donors (Lipinski definition) is 2. The van der Waals surface area contributed by atoms with E-state index in [1.165, 1.54) is 5.56 Å². The standard InChI is InChI=1S/C15H14BrN3S/c1-11-2-8-14(9-3-11)18-15(20)19-17-10-12-4-6-13(16)7-5-12/h2-10H,1H3,(H2,18,19,20)/b17-10-. The van der Waals surface area contributed by atoms with E-state index < -0.39 is 0 Å². The molecule has 0 aliphatic carbocycles. The molecule has 0 spiro atoms. The number of nitrogens with zero attached hydrogens (tertiary/aromatic N) is 1. The van der Waals surface area contributed by atoms with Crippen molar-refractivity contribution in [3.05, 3.63) is 64.1 Å². The van der Waals surface area contributed by atoms with Gasteiger partial charge >= 0.3 is 0 Å². The Morgan fingerprint density at radius 1 is 1.10 bits per heavy atom. The van der Waals surface area contributed by atoms with Crippen molar-refractivity contribution in [1.82, 2.24) is 5.43 Å². The Morgan fingerprint density at radius 3 is 2.40 bits per heavy atom. The topological polar surface area (TPSA) is 36.4 Å². The second-order valence-electron chi connectivity index (χ2n) is 4.24. The van der Waals surface area contributed by atoms with E-state index in [9.17, 15) is 0 Å².